The average molecular weight is 349 g/mol. The van der Waals surface area contributed by atoms with Gasteiger partial charge in [-0.15, -0.1) is 0 Å². The van der Waals surface area contributed by atoms with E-state index in [2.05, 4.69) is 79.5 Å². The molecule has 0 fully saturated rings. The molecular weight excluding hydrogens is 327 g/mol. The van der Waals surface area contributed by atoms with Crippen molar-refractivity contribution in [2.45, 2.75) is 39.3 Å². The molecule has 0 bridgehead atoms. The van der Waals surface area contributed by atoms with Gasteiger partial charge in [0.25, 0.3) is 0 Å². The molecule has 0 aliphatic carbocycles. The van der Waals surface area contributed by atoms with Crippen LogP contribution in [0.5, 0.6) is 0 Å². The van der Waals surface area contributed by atoms with Crippen molar-refractivity contribution in [3.8, 4) is 0 Å². The maximum absolute atomic E-state index is 4.90. The van der Waals surface area contributed by atoms with Gasteiger partial charge in [0, 0.05) is 20.9 Å². The van der Waals surface area contributed by atoms with Gasteiger partial charge in [-0.2, -0.15) is 0 Å². The van der Waals surface area contributed by atoms with E-state index in [0.717, 1.165) is 15.9 Å². The monoisotopic (exact) mass is 348 g/mol. The van der Waals surface area contributed by atoms with E-state index in [1.807, 2.05) is 0 Å². The molecule has 0 saturated heterocycles. The van der Waals surface area contributed by atoms with E-state index in [9.17, 15) is 0 Å². The Kier molecular flexibility index (Phi) is 7.36. The standard InChI is InChI=1S/C13H22BrN2Si2.Li/c1-17(2,3)15-13(16-18(4,5)6)11-7-9-12(14)10-8-11;/h7-10H,1-6H3;/q-1;+1. The second-order valence-corrected chi connectivity index (χ2v) is 16.4. The molecule has 0 N–H and O–H groups in total. The van der Waals surface area contributed by atoms with Gasteiger partial charge in [-0.05, 0) is 17.7 Å². The van der Waals surface area contributed by atoms with Crippen LogP contribution in [0.1, 0.15) is 5.56 Å². The first-order chi connectivity index (χ1) is 8.07. The van der Waals surface area contributed by atoms with Gasteiger partial charge in [-0.25, -0.2) is 0 Å². The van der Waals surface area contributed by atoms with Crippen LogP contribution >= 0.6 is 15.9 Å². The van der Waals surface area contributed by atoms with E-state index in [4.69, 9.17) is 9.64 Å². The Labute approximate surface area is 140 Å². The Balaban J connectivity index is 0.00000324. The second-order valence-electron chi connectivity index (χ2n) is 6.40. The molecule has 19 heavy (non-hydrogen) atoms. The molecule has 0 heterocycles. The van der Waals surface area contributed by atoms with Gasteiger partial charge in [0.2, 0.25) is 0 Å². The fourth-order valence-electron chi connectivity index (χ4n) is 1.39. The zero-order valence-electron chi connectivity index (χ0n) is 13.1. The van der Waals surface area contributed by atoms with Gasteiger partial charge in [-0.1, -0.05) is 73.2 Å². The Morgan fingerprint density at radius 3 is 1.84 bits per heavy atom. The fraction of sp³-hybridized carbons (Fsp3) is 0.462. The van der Waals surface area contributed by atoms with Crippen molar-refractivity contribution in [3.05, 3.63) is 39.3 Å². The Morgan fingerprint density at radius 2 is 1.47 bits per heavy atom. The molecule has 0 atom stereocenters. The van der Waals surface area contributed by atoms with Crippen LogP contribution in [0.25, 0.3) is 4.98 Å². The molecular formula is C13H22BrLiN2Si2. The summed E-state index contributed by atoms with van der Waals surface area (Å²) in [6.07, 6.45) is 0. The molecule has 0 aliphatic rings. The molecule has 0 saturated carbocycles. The van der Waals surface area contributed by atoms with E-state index >= 15 is 0 Å². The quantitative estimate of drug-likeness (QED) is 0.455. The van der Waals surface area contributed by atoms with Crippen LogP contribution in [-0.2, 0) is 0 Å². The average Bonchev–Trinajstić information content (AvgIpc) is 2.13. The minimum absolute atomic E-state index is 0. The number of benzene rings is 1. The van der Waals surface area contributed by atoms with Gasteiger partial charge in [-0.3, -0.25) is 0 Å². The molecule has 0 aromatic heterocycles. The van der Waals surface area contributed by atoms with Crippen molar-refractivity contribution < 1.29 is 18.9 Å². The maximum Gasteiger partial charge on any atom is 1.00 e. The van der Waals surface area contributed by atoms with Crippen LogP contribution in [0.15, 0.2) is 33.4 Å². The topological polar surface area (TPSA) is 26.5 Å². The van der Waals surface area contributed by atoms with Crippen LogP contribution in [0, 0.1) is 0 Å². The molecule has 0 unspecified atom stereocenters. The summed E-state index contributed by atoms with van der Waals surface area (Å²) >= 11 is 3.46. The van der Waals surface area contributed by atoms with Crippen molar-refractivity contribution >= 4 is 38.2 Å². The number of amidine groups is 1. The van der Waals surface area contributed by atoms with E-state index in [0.29, 0.717) is 0 Å². The first kappa shape index (κ1) is 19.2. The summed E-state index contributed by atoms with van der Waals surface area (Å²) < 4.78 is 5.99. The number of rotatable bonds is 3. The Bertz CT molecular complexity index is 433. The predicted octanol–water partition coefficient (Wildman–Crippen LogP) is 2.24. The van der Waals surface area contributed by atoms with Crippen molar-refractivity contribution in [1.82, 2.24) is 0 Å². The molecule has 100 valence electrons. The fourth-order valence-corrected chi connectivity index (χ4v) is 3.38. The third-order valence-electron chi connectivity index (χ3n) is 1.99. The molecule has 1 aromatic rings. The zero-order valence-corrected chi connectivity index (χ0v) is 16.7. The van der Waals surface area contributed by atoms with Crippen LogP contribution in [-0.4, -0.2) is 22.3 Å². The van der Waals surface area contributed by atoms with Crippen molar-refractivity contribution in [2.75, 3.05) is 0 Å². The van der Waals surface area contributed by atoms with E-state index < -0.39 is 16.5 Å². The predicted molar refractivity (Wildman–Crippen MR) is 90.7 cm³/mol. The van der Waals surface area contributed by atoms with E-state index in [-0.39, 0.29) is 18.9 Å². The van der Waals surface area contributed by atoms with Gasteiger partial charge in [0.15, 0.2) is 0 Å². The normalized spacial score (nSPS) is 12.9. The molecule has 0 radical (unpaired) electrons. The van der Waals surface area contributed by atoms with Crippen molar-refractivity contribution in [1.29, 1.82) is 0 Å². The molecule has 2 nitrogen and oxygen atoms in total. The maximum atomic E-state index is 4.90. The first-order valence-corrected chi connectivity index (χ1v) is 13.8. The number of halogens is 1. The smallest absolute Gasteiger partial charge is 0.472 e. The third kappa shape index (κ3) is 8.16. The minimum atomic E-state index is -1.51. The number of nitrogens with zero attached hydrogens (tertiary/aromatic N) is 2. The van der Waals surface area contributed by atoms with Crippen LogP contribution in [0.3, 0.4) is 0 Å². The van der Waals surface area contributed by atoms with Gasteiger partial charge >= 0.3 is 18.9 Å². The molecule has 0 spiro atoms. The van der Waals surface area contributed by atoms with Crippen LogP contribution in [0.4, 0.5) is 0 Å². The zero-order chi connectivity index (χ0) is 14.0. The molecule has 1 aromatic carbocycles. The molecule has 6 heteroatoms. The summed E-state index contributed by atoms with van der Waals surface area (Å²) in [5.41, 5.74) is 1.13. The van der Waals surface area contributed by atoms with Crippen molar-refractivity contribution in [2.24, 2.45) is 4.66 Å². The number of hydrogen-bond donors (Lipinski definition) is 0. The number of hydrogen-bond acceptors (Lipinski definition) is 1. The van der Waals surface area contributed by atoms with E-state index in [1.54, 1.807) is 0 Å². The molecule has 1 rings (SSSR count). The van der Waals surface area contributed by atoms with E-state index in [1.165, 1.54) is 0 Å². The molecule has 0 amide bonds. The minimum Gasteiger partial charge on any atom is -0.472 e. The van der Waals surface area contributed by atoms with Crippen LogP contribution < -0.4 is 18.9 Å². The first-order valence-electron chi connectivity index (χ1n) is 6.15. The van der Waals surface area contributed by atoms with Gasteiger partial charge < -0.3 is 9.64 Å². The Morgan fingerprint density at radius 1 is 1.00 bits per heavy atom. The summed E-state index contributed by atoms with van der Waals surface area (Å²) in [7, 11) is -3.02. The van der Waals surface area contributed by atoms with Gasteiger partial charge in [0.1, 0.15) is 0 Å². The summed E-state index contributed by atoms with van der Waals surface area (Å²) in [5, 5.41) is 0. The SMILES string of the molecule is C[Si](C)(C)/N=C(\[N-][Si](C)(C)C)c1ccc(Br)cc1.[Li+]. The largest absolute Gasteiger partial charge is 1.00 e. The summed E-state index contributed by atoms with van der Waals surface area (Å²) in [6, 6.07) is 8.28. The summed E-state index contributed by atoms with van der Waals surface area (Å²) in [6.45, 7) is 13.4. The third-order valence-corrected chi connectivity index (χ3v) is 4.28. The summed E-state index contributed by atoms with van der Waals surface area (Å²) in [5.74, 6) is 0.945. The van der Waals surface area contributed by atoms with Crippen molar-refractivity contribution in [3.63, 3.8) is 0 Å². The molecule has 0 aliphatic heterocycles. The Hall–Kier alpha value is 0.201. The summed E-state index contributed by atoms with van der Waals surface area (Å²) in [4.78, 5) is 4.90. The second kappa shape index (κ2) is 7.28. The van der Waals surface area contributed by atoms with Crippen LogP contribution in [0.2, 0.25) is 39.3 Å². The van der Waals surface area contributed by atoms with Gasteiger partial charge in [0.05, 0.1) is 0 Å².